The Morgan fingerprint density at radius 1 is 1.33 bits per heavy atom. The predicted molar refractivity (Wildman–Crippen MR) is 72.2 cm³/mol. The second-order valence-corrected chi connectivity index (χ2v) is 5.76. The van der Waals surface area contributed by atoms with Crippen molar-refractivity contribution >= 4 is 5.82 Å². The smallest absolute Gasteiger partial charge is 0.218 e. The van der Waals surface area contributed by atoms with Gasteiger partial charge in [0.2, 0.25) is 5.88 Å². The maximum atomic E-state index is 6.05. The van der Waals surface area contributed by atoms with Gasteiger partial charge in [0.05, 0.1) is 0 Å². The lowest BCUT2D eigenvalue weighted by Crippen LogP contribution is -2.36. The molecule has 18 heavy (non-hydrogen) atoms. The molecule has 0 spiro atoms. The number of nitrogen functional groups attached to an aromatic ring is 1. The predicted octanol–water partition coefficient (Wildman–Crippen LogP) is 2.90. The van der Waals surface area contributed by atoms with Gasteiger partial charge in [0.25, 0.3) is 0 Å². The molecule has 0 amide bonds. The Hall–Kier alpha value is -1.32. The third-order valence-electron chi connectivity index (χ3n) is 3.90. The summed E-state index contributed by atoms with van der Waals surface area (Å²) in [5.41, 5.74) is 5.65. The number of nitrogens with zero attached hydrogens (tertiary/aromatic N) is 2. The van der Waals surface area contributed by atoms with Crippen molar-refractivity contribution in [2.75, 3.05) is 5.73 Å². The summed E-state index contributed by atoms with van der Waals surface area (Å²) < 4.78 is 6.05. The number of aromatic nitrogens is 2. The summed E-state index contributed by atoms with van der Waals surface area (Å²) in [4.78, 5) is 8.03. The first-order valence-electron chi connectivity index (χ1n) is 6.80. The molecule has 0 radical (unpaired) electrons. The third kappa shape index (κ3) is 3.12. The van der Waals surface area contributed by atoms with Crippen molar-refractivity contribution < 1.29 is 4.74 Å². The van der Waals surface area contributed by atoms with E-state index in [4.69, 9.17) is 10.5 Å². The first-order chi connectivity index (χ1) is 8.56. The number of ether oxygens (including phenoxy) is 1. The van der Waals surface area contributed by atoms with E-state index in [2.05, 4.69) is 30.7 Å². The van der Waals surface area contributed by atoms with Gasteiger partial charge < -0.3 is 10.5 Å². The van der Waals surface area contributed by atoms with E-state index in [-0.39, 0.29) is 6.10 Å². The number of hydrogen-bond donors (Lipinski definition) is 1. The SMILES string of the molecule is CC1CCC(C(C)C)C(Oc2cc(N)ncn2)C1. The van der Waals surface area contributed by atoms with Gasteiger partial charge in [-0.15, -0.1) is 0 Å². The highest BCUT2D eigenvalue weighted by atomic mass is 16.5. The van der Waals surface area contributed by atoms with Crippen LogP contribution in [0, 0.1) is 17.8 Å². The maximum absolute atomic E-state index is 6.05. The van der Waals surface area contributed by atoms with Crippen LogP contribution in [0.2, 0.25) is 0 Å². The molecule has 0 aliphatic heterocycles. The van der Waals surface area contributed by atoms with Crippen LogP contribution in [0.1, 0.15) is 40.0 Å². The molecule has 3 atom stereocenters. The third-order valence-corrected chi connectivity index (χ3v) is 3.90. The van der Waals surface area contributed by atoms with E-state index < -0.39 is 0 Å². The zero-order chi connectivity index (χ0) is 13.1. The molecule has 4 heteroatoms. The van der Waals surface area contributed by atoms with Gasteiger partial charge in [-0.3, -0.25) is 0 Å². The minimum Gasteiger partial charge on any atom is -0.474 e. The molecule has 1 saturated carbocycles. The van der Waals surface area contributed by atoms with Crippen LogP contribution in [-0.2, 0) is 0 Å². The molecule has 2 N–H and O–H groups in total. The van der Waals surface area contributed by atoms with Crippen molar-refractivity contribution in [2.24, 2.45) is 17.8 Å². The van der Waals surface area contributed by atoms with Crippen molar-refractivity contribution in [2.45, 2.75) is 46.1 Å². The number of hydrogen-bond acceptors (Lipinski definition) is 4. The first kappa shape index (κ1) is 13.1. The average molecular weight is 249 g/mol. The molecule has 1 aromatic rings. The second-order valence-electron chi connectivity index (χ2n) is 5.76. The standard InChI is InChI=1S/C14H23N3O/c1-9(2)11-5-4-10(3)6-12(11)18-14-7-13(15)16-8-17-14/h7-12H,4-6H2,1-3H3,(H2,15,16,17). The Morgan fingerprint density at radius 3 is 2.78 bits per heavy atom. The van der Waals surface area contributed by atoms with E-state index in [0.717, 1.165) is 12.3 Å². The van der Waals surface area contributed by atoms with Crippen LogP contribution >= 0.6 is 0 Å². The van der Waals surface area contributed by atoms with Crippen molar-refractivity contribution in [3.63, 3.8) is 0 Å². The van der Waals surface area contributed by atoms with Gasteiger partial charge >= 0.3 is 0 Å². The Balaban J connectivity index is 2.08. The number of rotatable bonds is 3. The van der Waals surface area contributed by atoms with Crippen molar-refractivity contribution in [3.05, 3.63) is 12.4 Å². The van der Waals surface area contributed by atoms with Gasteiger partial charge in [0.1, 0.15) is 18.2 Å². The molecule has 100 valence electrons. The fourth-order valence-electron chi connectivity index (χ4n) is 2.82. The molecule has 1 fully saturated rings. The summed E-state index contributed by atoms with van der Waals surface area (Å²) in [6.07, 6.45) is 5.36. The Morgan fingerprint density at radius 2 is 2.11 bits per heavy atom. The molecular formula is C14H23N3O. The average Bonchev–Trinajstić information content (AvgIpc) is 2.28. The molecule has 1 heterocycles. The maximum Gasteiger partial charge on any atom is 0.218 e. The molecule has 1 aromatic heterocycles. The van der Waals surface area contributed by atoms with Gasteiger partial charge in [-0.2, -0.15) is 0 Å². The van der Waals surface area contributed by atoms with Crippen LogP contribution in [-0.4, -0.2) is 16.1 Å². The van der Waals surface area contributed by atoms with E-state index in [0.29, 0.717) is 23.5 Å². The number of nitrogens with two attached hydrogens (primary N) is 1. The van der Waals surface area contributed by atoms with E-state index in [1.54, 1.807) is 6.07 Å². The lowest BCUT2D eigenvalue weighted by atomic mass is 9.75. The Labute approximate surface area is 109 Å². The molecule has 0 aromatic carbocycles. The van der Waals surface area contributed by atoms with Crippen LogP contribution in [0.3, 0.4) is 0 Å². The molecule has 3 unspecified atom stereocenters. The summed E-state index contributed by atoms with van der Waals surface area (Å²) in [5.74, 6) is 3.04. The van der Waals surface area contributed by atoms with Crippen molar-refractivity contribution in [1.82, 2.24) is 9.97 Å². The van der Waals surface area contributed by atoms with Gasteiger partial charge in [-0.1, -0.05) is 27.2 Å². The second kappa shape index (κ2) is 5.55. The van der Waals surface area contributed by atoms with Crippen molar-refractivity contribution in [1.29, 1.82) is 0 Å². The molecular weight excluding hydrogens is 226 g/mol. The topological polar surface area (TPSA) is 61.0 Å². The van der Waals surface area contributed by atoms with Crippen LogP contribution in [0.5, 0.6) is 5.88 Å². The summed E-state index contributed by atoms with van der Waals surface area (Å²) in [6, 6.07) is 1.71. The monoisotopic (exact) mass is 249 g/mol. The Kier molecular flexibility index (Phi) is 4.04. The molecule has 1 aliphatic carbocycles. The highest BCUT2D eigenvalue weighted by molar-refractivity contribution is 5.30. The highest BCUT2D eigenvalue weighted by Gasteiger charge is 2.32. The minimum atomic E-state index is 0.253. The molecule has 0 bridgehead atoms. The fraction of sp³-hybridized carbons (Fsp3) is 0.714. The van der Waals surface area contributed by atoms with E-state index >= 15 is 0 Å². The van der Waals surface area contributed by atoms with Gasteiger partial charge in [-0.05, 0) is 30.6 Å². The molecule has 2 rings (SSSR count). The Bertz CT molecular complexity index is 394. The first-order valence-corrected chi connectivity index (χ1v) is 6.80. The molecule has 1 aliphatic rings. The van der Waals surface area contributed by atoms with Crippen LogP contribution < -0.4 is 10.5 Å². The quantitative estimate of drug-likeness (QED) is 0.894. The zero-order valence-electron chi connectivity index (χ0n) is 11.5. The largest absolute Gasteiger partial charge is 0.474 e. The van der Waals surface area contributed by atoms with E-state index in [1.165, 1.54) is 19.2 Å². The zero-order valence-corrected chi connectivity index (χ0v) is 11.5. The summed E-state index contributed by atoms with van der Waals surface area (Å²) in [7, 11) is 0. The summed E-state index contributed by atoms with van der Waals surface area (Å²) >= 11 is 0. The molecule has 4 nitrogen and oxygen atoms in total. The minimum absolute atomic E-state index is 0.253. The highest BCUT2D eigenvalue weighted by Crippen LogP contribution is 2.35. The van der Waals surface area contributed by atoms with Crippen LogP contribution in [0.15, 0.2) is 12.4 Å². The summed E-state index contributed by atoms with van der Waals surface area (Å²) in [6.45, 7) is 6.83. The molecule has 0 saturated heterocycles. The van der Waals surface area contributed by atoms with E-state index in [9.17, 15) is 0 Å². The van der Waals surface area contributed by atoms with Crippen LogP contribution in [0.4, 0.5) is 5.82 Å². The summed E-state index contributed by atoms with van der Waals surface area (Å²) in [5, 5.41) is 0. The van der Waals surface area contributed by atoms with Gasteiger partial charge in [0.15, 0.2) is 0 Å². The lowest BCUT2D eigenvalue weighted by Gasteiger charge is -2.36. The number of anilines is 1. The van der Waals surface area contributed by atoms with E-state index in [1.807, 2.05) is 0 Å². The van der Waals surface area contributed by atoms with Gasteiger partial charge in [-0.25, -0.2) is 9.97 Å². The van der Waals surface area contributed by atoms with Gasteiger partial charge in [0, 0.05) is 6.07 Å². The van der Waals surface area contributed by atoms with Crippen molar-refractivity contribution in [3.8, 4) is 5.88 Å². The van der Waals surface area contributed by atoms with Crippen LogP contribution in [0.25, 0.3) is 0 Å². The fourth-order valence-corrected chi connectivity index (χ4v) is 2.82. The lowest BCUT2D eigenvalue weighted by molar-refractivity contribution is 0.0426. The normalized spacial score (nSPS) is 28.3.